The first-order chi connectivity index (χ1) is 14.6. The summed E-state index contributed by atoms with van der Waals surface area (Å²) in [5, 5.41) is 8.25. The van der Waals surface area contributed by atoms with Gasteiger partial charge in [0.15, 0.2) is 5.65 Å². The summed E-state index contributed by atoms with van der Waals surface area (Å²) in [5.41, 5.74) is 3.13. The minimum absolute atomic E-state index is 0.0552. The van der Waals surface area contributed by atoms with Gasteiger partial charge in [0, 0.05) is 17.6 Å². The monoisotopic (exact) mass is 433 g/mol. The quantitative estimate of drug-likeness (QED) is 0.402. The molecule has 4 aromatic heterocycles. The van der Waals surface area contributed by atoms with Crippen LogP contribution in [0.3, 0.4) is 0 Å². The molecule has 5 aromatic rings. The molecule has 0 unspecified atom stereocenters. The summed E-state index contributed by atoms with van der Waals surface area (Å²) in [4.78, 5) is 25.5. The number of thiophene rings is 1. The van der Waals surface area contributed by atoms with E-state index in [9.17, 15) is 4.79 Å². The number of thiazole rings is 1. The molecule has 4 heterocycles. The fourth-order valence-electron chi connectivity index (χ4n) is 3.48. The van der Waals surface area contributed by atoms with Crippen molar-refractivity contribution in [3.05, 3.63) is 75.2 Å². The maximum absolute atomic E-state index is 13.3. The zero-order valence-corrected chi connectivity index (χ0v) is 18.2. The Morgan fingerprint density at radius 1 is 1.17 bits per heavy atom. The van der Waals surface area contributed by atoms with Crippen LogP contribution in [0.5, 0.6) is 0 Å². The number of carbonyl (C=O) groups excluding carboxylic acids is 1. The van der Waals surface area contributed by atoms with E-state index in [2.05, 4.69) is 27.2 Å². The van der Waals surface area contributed by atoms with Gasteiger partial charge in [-0.25, -0.2) is 14.6 Å². The highest BCUT2D eigenvalue weighted by Crippen LogP contribution is 2.25. The van der Waals surface area contributed by atoms with E-state index in [1.807, 2.05) is 54.4 Å². The van der Waals surface area contributed by atoms with E-state index in [4.69, 9.17) is 0 Å². The van der Waals surface area contributed by atoms with Gasteiger partial charge in [0.1, 0.15) is 5.01 Å². The van der Waals surface area contributed by atoms with Crippen molar-refractivity contribution in [1.82, 2.24) is 24.6 Å². The smallest absolute Gasteiger partial charge is 0.254 e. The number of para-hydroxylation sites is 1. The predicted molar refractivity (Wildman–Crippen MR) is 121 cm³/mol. The van der Waals surface area contributed by atoms with Gasteiger partial charge in [0.25, 0.3) is 5.91 Å². The number of aromatic nitrogens is 4. The largest absolute Gasteiger partial charge is 0.335 e. The zero-order valence-electron chi connectivity index (χ0n) is 16.6. The van der Waals surface area contributed by atoms with Crippen molar-refractivity contribution < 1.29 is 4.79 Å². The van der Waals surface area contributed by atoms with Crippen molar-refractivity contribution in [1.29, 1.82) is 0 Å². The summed E-state index contributed by atoms with van der Waals surface area (Å²) in [6.45, 7) is 3.02. The molecule has 5 rings (SSSR count). The Morgan fingerprint density at radius 2 is 2.03 bits per heavy atom. The summed E-state index contributed by atoms with van der Waals surface area (Å²) in [6, 6.07) is 14.0. The second-order valence-electron chi connectivity index (χ2n) is 7.17. The number of fused-ring (bicyclic) bond motifs is 2. The lowest BCUT2D eigenvalue weighted by atomic mass is 10.1. The van der Waals surface area contributed by atoms with Crippen LogP contribution in [-0.2, 0) is 13.1 Å². The number of amides is 1. The molecule has 1 amide bonds. The molecule has 0 aliphatic rings. The Hall–Kier alpha value is -3.10. The fraction of sp³-hybridized carbons (Fsp3) is 0.182. The van der Waals surface area contributed by atoms with Crippen molar-refractivity contribution in [3.8, 4) is 0 Å². The molecular weight excluding hydrogens is 414 g/mol. The lowest BCUT2D eigenvalue weighted by Gasteiger charge is -2.16. The van der Waals surface area contributed by atoms with Crippen LogP contribution in [0, 0.1) is 6.92 Å². The van der Waals surface area contributed by atoms with Gasteiger partial charge in [-0.15, -0.1) is 22.7 Å². The molecule has 0 radical (unpaired) electrons. The van der Waals surface area contributed by atoms with E-state index in [0.717, 1.165) is 32.0 Å². The van der Waals surface area contributed by atoms with E-state index in [1.165, 1.54) is 4.88 Å². The fourth-order valence-corrected chi connectivity index (χ4v) is 5.19. The molecule has 150 valence electrons. The molecule has 0 aliphatic carbocycles. The van der Waals surface area contributed by atoms with E-state index in [-0.39, 0.29) is 5.91 Å². The van der Waals surface area contributed by atoms with Crippen LogP contribution in [0.25, 0.3) is 21.3 Å². The van der Waals surface area contributed by atoms with Crippen LogP contribution in [0.4, 0.5) is 0 Å². The molecule has 0 fully saturated rings. The SMILES string of the molecule is Cc1cc(C(=O)N(C)Cc2nc3ccccc3s2)c2cnn(Cc3cccs3)c2n1. The highest BCUT2D eigenvalue weighted by Gasteiger charge is 2.20. The maximum atomic E-state index is 13.3. The third-order valence-corrected chi connectivity index (χ3v) is 6.79. The number of nitrogens with zero attached hydrogens (tertiary/aromatic N) is 5. The summed E-state index contributed by atoms with van der Waals surface area (Å²) < 4.78 is 2.99. The molecule has 0 saturated heterocycles. The number of benzene rings is 1. The van der Waals surface area contributed by atoms with Crippen LogP contribution in [0.2, 0.25) is 0 Å². The van der Waals surface area contributed by atoms with Crippen molar-refractivity contribution in [2.75, 3.05) is 7.05 Å². The molecular formula is C22H19N5OS2. The van der Waals surface area contributed by atoms with Crippen LogP contribution in [0.15, 0.2) is 54.0 Å². The topological polar surface area (TPSA) is 63.9 Å². The molecule has 6 nitrogen and oxygen atoms in total. The predicted octanol–water partition coefficient (Wildman–Crippen LogP) is 4.73. The van der Waals surface area contributed by atoms with E-state index < -0.39 is 0 Å². The van der Waals surface area contributed by atoms with Crippen molar-refractivity contribution in [2.45, 2.75) is 20.0 Å². The molecule has 30 heavy (non-hydrogen) atoms. The van der Waals surface area contributed by atoms with Gasteiger partial charge >= 0.3 is 0 Å². The Bertz CT molecular complexity index is 1320. The number of carbonyl (C=O) groups is 1. The van der Waals surface area contributed by atoms with Crippen molar-refractivity contribution in [3.63, 3.8) is 0 Å². The van der Waals surface area contributed by atoms with Gasteiger partial charge in [-0.3, -0.25) is 4.79 Å². The van der Waals surface area contributed by atoms with Crippen LogP contribution in [-0.4, -0.2) is 37.6 Å². The van der Waals surface area contributed by atoms with Crippen LogP contribution in [0.1, 0.15) is 25.9 Å². The summed E-state index contributed by atoms with van der Waals surface area (Å²) in [7, 11) is 1.81. The summed E-state index contributed by atoms with van der Waals surface area (Å²) in [5.74, 6) is -0.0552. The van der Waals surface area contributed by atoms with Crippen molar-refractivity contribution in [2.24, 2.45) is 0 Å². The number of pyridine rings is 1. The Balaban J connectivity index is 1.45. The normalized spacial score (nSPS) is 11.4. The molecule has 0 spiro atoms. The van der Waals surface area contributed by atoms with Crippen molar-refractivity contribution >= 4 is 49.8 Å². The van der Waals surface area contributed by atoms with Gasteiger partial charge in [0.05, 0.1) is 40.5 Å². The zero-order chi connectivity index (χ0) is 20.7. The molecule has 0 atom stereocenters. The first-order valence-electron chi connectivity index (χ1n) is 9.54. The van der Waals surface area contributed by atoms with E-state index in [1.54, 1.807) is 33.8 Å². The Morgan fingerprint density at radius 3 is 2.83 bits per heavy atom. The first-order valence-corrected chi connectivity index (χ1v) is 11.2. The number of hydrogen-bond donors (Lipinski definition) is 0. The average molecular weight is 434 g/mol. The van der Waals surface area contributed by atoms with Gasteiger partial charge in [-0.05, 0) is 36.6 Å². The first kappa shape index (κ1) is 18.9. The van der Waals surface area contributed by atoms with Crippen LogP contribution < -0.4 is 0 Å². The highest BCUT2D eigenvalue weighted by atomic mass is 32.1. The third kappa shape index (κ3) is 3.48. The molecule has 0 N–H and O–H groups in total. The second-order valence-corrected chi connectivity index (χ2v) is 9.31. The number of rotatable bonds is 5. The van der Waals surface area contributed by atoms with Crippen LogP contribution >= 0.6 is 22.7 Å². The van der Waals surface area contributed by atoms with Gasteiger partial charge in [-0.2, -0.15) is 5.10 Å². The van der Waals surface area contributed by atoms with E-state index >= 15 is 0 Å². The average Bonchev–Trinajstić information content (AvgIpc) is 3.47. The third-order valence-electron chi connectivity index (χ3n) is 4.91. The minimum atomic E-state index is -0.0552. The molecule has 0 saturated carbocycles. The number of aryl methyl sites for hydroxylation is 1. The highest BCUT2D eigenvalue weighted by molar-refractivity contribution is 7.18. The lowest BCUT2D eigenvalue weighted by molar-refractivity contribution is 0.0787. The molecule has 8 heteroatoms. The minimum Gasteiger partial charge on any atom is -0.335 e. The molecule has 0 aliphatic heterocycles. The van der Waals surface area contributed by atoms with E-state index in [0.29, 0.717) is 18.7 Å². The maximum Gasteiger partial charge on any atom is 0.254 e. The molecule has 0 bridgehead atoms. The van der Waals surface area contributed by atoms with Gasteiger partial charge < -0.3 is 4.90 Å². The molecule has 1 aromatic carbocycles. The number of hydrogen-bond acceptors (Lipinski definition) is 6. The lowest BCUT2D eigenvalue weighted by Crippen LogP contribution is -2.26. The second kappa shape index (κ2) is 7.62. The Labute approximate surface area is 181 Å². The Kier molecular flexibility index (Phi) is 4.80. The van der Waals surface area contributed by atoms with Gasteiger partial charge in [0.2, 0.25) is 0 Å². The standard InChI is InChI=1S/C22H19N5OS2/c1-14-10-16(17-11-23-27(21(17)24-14)12-15-6-5-9-29-15)22(28)26(2)13-20-25-18-7-3-4-8-19(18)30-20/h3-11H,12-13H2,1-2H3. The summed E-state index contributed by atoms with van der Waals surface area (Å²) >= 11 is 3.30. The van der Waals surface area contributed by atoms with Gasteiger partial charge in [-0.1, -0.05) is 18.2 Å². The summed E-state index contributed by atoms with van der Waals surface area (Å²) in [6.07, 6.45) is 1.74.